The van der Waals surface area contributed by atoms with E-state index in [1.165, 1.54) is 5.48 Å². The summed E-state index contributed by atoms with van der Waals surface area (Å²) in [5, 5.41) is 7.59. The van der Waals surface area contributed by atoms with Crippen LogP contribution in [0.3, 0.4) is 0 Å². The van der Waals surface area contributed by atoms with E-state index >= 15 is 0 Å². The highest BCUT2D eigenvalue weighted by Gasteiger charge is 2.29. The number of esters is 1. The smallest absolute Gasteiger partial charge is 0.340 e. The molecule has 9 heteroatoms. The van der Waals surface area contributed by atoms with Gasteiger partial charge in [0.1, 0.15) is 0 Å². The molecule has 0 aliphatic carbocycles. The summed E-state index contributed by atoms with van der Waals surface area (Å²) >= 11 is 23.1. The van der Waals surface area contributed by atoms with Crippen molar-refractivity contribution in [3.05, 3.63) is 31.2 Å². The van der Waals surface area contributed by atoms with Gasteiger partial charge in [0, 0.05) is 0 Å². The highest BCUT2D eigenvalue weighted by molar-refractivity contribution is 6.54. The van der Waals surface area contributed by atoms with Crippen molar-refractivity contribution in [2.24, 2.45) is 0 Å². The van der Waals surface area contributed by atoms with Gasteiger partial charge in [-0.05, 0) is 0 Å². The van der Waals surface area contributed by atoms with Gasteiger partial charge >= 0.3 is 5.97 Å². The summed E-state index contributed by atoms with van der Waals surface area (Å²) in [5.41, 5.74) is 0.514. The van der Waals surface area contributed by atoms with Crippen LogP contribution in [0.1, 0.15) is 20.7 Å². The predicted molar refractivity (Wildman–Crippen MR) is 67.1 cm³/mol. The van der Waals surface area contributed by atoms with Crippen LogP contribution in [0.15, 0.2) is 0 Å². The number of nitrogens with one attached hydrogen (secondary N) is 1. The van der Waals surface area contributed by atoms with Crippen molar-refractivity contribution in [3.8, 4) is 0 Å². The average Bonchev–Trinajstić information content (AvgIpc) is 2.38. The topological polar surface area (TPSA) is 75.6 Å². The van der Waals surface area contributed by atoms with Gasteiger partial charge in [0.05, 0.1) is 38.3 Å². The molecule has 0 radical (unpaired) electrons. The first-order chi connectivity index (χ1) is 8.36. The molecule has 98 valence electrons. The molecule has 0 fully saturated rings. The van der Waals surface area contributed by atoms with Gasteiger partial charge in [0.15, 0.2) is 0 Å². The molecule has 0 aliphatic heterocycles. The summed E-state index contributed by atoms with van der Waals surface area (Å²) in [6.07, 6.45) is 0. The van der Waals surface area contributed by atoms with Crippen molar-refractivity contribution < 1.29 is 19.5 Å². The first-order valence-corrected chi connectivity index (χ1v) is 5.76. The zero-order chi connectivity index (χ0) is 14.0. The van der Waals surface area contributed by atoms with Crippen LogP contribution in [0.4, 0.5) is 0 Å². The highest BCUT2D eigenvalue weighted by Crippen LogP contribution is 2.41. The fraction of sp³-hybridized carbons (Fsp3) is 0.111. The Hall–Kier alpha value is -0.720. The van der Waals surface area contributed by atoms with Crippen LogP contribution in [-0.4, -0.2) is 24.2 Å². The Morgan fingerprint density at radius 2 is 1.44 bits per heavy atom. The van der Waals surface area contributed by atoms with Crippen LogP contribution < -0.4 is 5.48 Å². The highest BCUT2D eigenvalue weighted by atomic mass is 35.5. The van der Waals surface area contributed by atoms with Crippen molar-refractivity contribution in [2.75, 3.05) is 7.11 Å². The zero-order valence-corrected chi connectivity index (χ0v) is 11.7. The molecule has 18 heavy (non-hydrogen) atoms. The minimum Gasteiger partial charge on any atom is -0.465 e. The Morgan fingerprint density at radius 3 is 1.83 bits per heavy atom. The molecule has 0 atom stereocenters. The van der Waals surface area contributed by atoms with Crippen LogP contribution in [0.25, 0.3) is 0 Å². The Labute approximate surface area is 121 Å². The van der Waals surface area contributed by atoms with Crippen molar-refractivity contribution in [1.82, 2.24) is 5.48 Å². The number of amides is 1. The van der Waals surface area contributed by atoms with E-state index in [4.69, 9.17) is 51.6 Å². The molecule has 0 saturated carbocycles. The molecule has 2 N–H and O–H groups in total. The van der Waals surface area contributed by atoms with Gasteiger partial charge in [-0.1, -0.05) is 46.4 Å². The van der Waals surface area contributed by atoms with Crippen LogP contribution in [-0.2, 0) is 4.74 Å². The number of carbonyl (C=O) groups excluding carboxylic acids is 2. The lowest BCUT2D eigenvalue weighted by molar-refractivity contribution is 0.0588. The third-order valence-corrected chi connectivity index (χ3v) is 3.79. The number of benzene rings is 1. The van der Waals surface area contributed by atoms with Gasteiger partial charge in [-0.25, -0.2) is 10.3 Å². The summed E-state index contributed by atoms with van der Waals surface area (Å²) in [7, 11) is 1.08. The standard InChI is InChI=1S/C9H5Cl4NO4/c1-18-9(16)3-2(8(15)14-17)4(10)6(12)7(13)5(3)11/h17H,1H3,(H,14,15). The second kappa shape index (κ2) is 5.95. The SMILES string of the molecule is COC(=O)c1c(Cl)c(Cl)c(Cl)c(Cl)c1C(=O)NO. The molecule has 1 aromatic carbocycles. The van der Waals surface area contributed by atoms with E-state index < -0.39 is 17.4 Å². The van der Waals surface area contributed by atoms with Crippen molar-refractivity contribution in [2.45, 2.75) is 0 Å². The quantitative estimate of drug-likeness (QED) is 0.287. The average molecular weight is 333 g/mol. The van der Waals surface area contributed by atoms with Crippen molar-refractivity contribution in [1.29, 1.82) is 0 Å². The molecule has 0 unspecified atom stereocenters. The fourth-order valence-electron chi connectivity index (χ4n) is 1.19. The first kappa shape index (κ1) is 15.3. The van der Waals surface area contributed by atoms with E-state index in [1.54, 1.807) is 0 Å². The summed E-state index contributed by atoms with van der Waals surface area (Å²) in [6, 6.07) is 0. The lowest BCUT2D eigenvalue weighted by Crippen LogP contribution is -2.23. The van der Waals surface area contributed by atoms with E-state index in [0.29, 0.717) is 0 Å². The molecule has 1 aromatic rings. The predicted octanol–water partition coefficient (Wildman–Crippen LogP) is 3.21. The van der Waals surface area contributed by atoms with Crippen LogP contribution in [0, 0.1) is 0 Å². The van der Waals surface area contributed by atoms with Gasteiger partial charge in [-0.15, -0.1) is 0 Å². The molecule has 0 bridgehead atoms. The molecule has 5 nitrogen and oxygen atoms in total. The first-order valence-electron chi connectivity index (χ1n) is 4.25. The van der Waals surface area contributed by atoms with Gasteiger partial charge in [-0.3, -0.25) is 10.0 Å². The zero-order valence-electron chi connectivity index (χ0n) is 8.68. The molecular weight excluding hydrogens is 328 g/mol. The number of halogens is 4. The summed E-state index contributed by atoms with van der Waals surface area (Å²) in [5.74, 6) is -2.01. The Kier molecular flexibility index (Phi) is 5.07. The number of hydroxylamine groups is 1. The number of ether oxygens (including phenoxy) is 1. The Bertz CT molecular complexity index is 485. The number of hydrogen-bond donors (Lipinski definition) is 2. The molecule has 0 aliphatic rings. The maximum absolute atomic E-state index is 11.6. The van der Waals surface area contributed by atoms with E-state index in [0.717, 1.165) is 7.11 Å². The number of rotatable bonds is 2. The number of carbonyl (C=O) groups is 2. The molecule has 1 amide bonds. The van der Waals surface area contributed by atoms with Gasteiger partial charge in [0.25, 0.3) is 5.91 Å². The van der Waals surface area contributed by atoms with E-state index in [-0.39, 0.29) is 25.7 Å². The fourth-order valence-corrected chi connectivity index (χ4v) is 2.21. The van der Waals surface area contributed by atoms with Crippen molar-refractivity contribution in [3.63, 3.8) is 0 Å². The van der Waals surface area contributed by atoms with Crippen molar-refractivity contribution >= 4 is 58.3 Å². The molecule has 0 heterocycles. The largest absolute Gasteiger partial charge is 0.465 e. The van der Waals surface area contributed by atoms with E-state index in [9.17, 15) is 9.59 Å². The normalized spacial score (nSPS) is 10.1. The summed E-state index contributed by atoms with van der Waals surface area (Å²) in [4.78, 5) is 23.0. The molecular formula is C9H5Cl4NO4. The van der Waals surface area contributed by atoms with E-state index in [1.807, 2.05) is 0 Å². The van der Waals surface area contributed by atoms with Crippen LogP contribution in [0.5, 0.6) is 0 Å². The molecule has 0 aromatic heterocycles. The van der Waals surface area contributed by atoms with Gasteiger partial charge in [0.2, 0.25) is 0 Å². The van der Waals surface area contributed by atoms with E-state index in [2.05, 4.69) is 4.74 Å². The number of hydrogen-bond acceptors (Lipinski definition) is 4. The lowest BCUT2D eigenvalue weighted by Gasteiger charge is -2.13. The second-order valence-corrected chi connectivity index (χ2v) is 4.45. The molecule has 0 spiro atoms. The molecule has 1 rings (SSSR count). The maximum atomic E-state index is 11.6. The third-order valence-electron chi connectivity index (χ3n) is 1.99. The minimum atomic E-state index is -1.07. The van der Waals surface area contributed by atoms with Gasteiger partial charge < -0.3 is 4.74 Å². The summed E-state index contributed by atoms with van der Waals surface area (Å²) < 4.78 is 4.46. The molecule has 0 saturated heterocycles. The maximum Gasteiger partial charge on any atom is 0.340 e. The minimum absolute atomic E-state index is 0.196. The number of methoxy groups -OCH3 is 1. The third kappa shape index (κ3) is 2.50. The lowest BCUT2D eigenvalue weighted by atomic mass is 10.1. The Morgan fingerprint density at radius 1 is 1.00 bits per heavy atom. The summed E-state index contributed by atoms with van der Waals surface area (Å²) in [6.45, 7) is 0. The van der Waals surface area contributed by atoms with Crippen LogP contribution in [0.2, 0.25) is 20.1 Å². The monoisotopic (exact) mass is 331 g/mol. The van der Waals surface area contributed by atoms with Crippen LogP contribution >= 0.6 is 46.4 Å². The van der Waals surface area contributed by atoms with Gasteiger partial charge in [-0.2, -0.15) is 0 Å². The Balaban J connectivity index is 3.75. The second-order valence-electron chi connectivity index (χ2n) is 2.94.